The predicted molar refractivity (Wildman–Crippen MR) is 52.2 cm³/mol. The predicted octanol–water partition coefficient (Wildman–Crippen LogP) is -1.54. The van der Waals surface area contributed by atoms with E-state index in [9.17, 15) is 0 Å². The maximum atomic E-state index is 8.59. The second kappa shape index (κ2) is 7.10. The van der Waals surface area contributed by atoms with Gasteiger partial charge in [-0.05, 0) is 13.8 Å². The van der Waals surface area contributed by atoms with Gasteiger partial charge >= 0.3 is 0 Å². The van der Waals surface area contributed by atoms with Crippen LogP contribution in [0.25, 0.3) is 0 Å². The van der Waals surface area contributed by atoms with Crippen LogP contribution in [0.3, 0.4) is 0 Å². The first-order valence-electron chi connectivity index (χ1n) is 4.77. The molecule has 1 fully saturated rings. The number of aliphatic hydroxyl groups excluding tert-OH is 4. The van der Waals surface area contributed by atoms with Gasteiger partial charge in [0.1, 0.15) is 12.2 Å². The second-order valence-corrected chi connectivity index (χ2v) is 3.65. The van der Waals surface area contributed by atoms with Crippen molar-refractivity contribution in [2.24, 2.45) is 0 Å². The molecule has 15 heavy (non-hydrogen) atoms. The zero-order chi connectivity index (χ0) is 11.9. The lowest BCUT2D eigenvalue weighted by molar-refractivity contribution is -0.142. The van der Waals surface area contributed by atoms with E-state index in [0.717, 1.165) is 0 Å². The van der Waals surface area contributed by atoms with E-state index in [1.807, 2.05) is 13.8 Å². The van der Waals surface area contributed by atoms with Crippen molar-refractivity contribution >= 4 is 0 Å². The molecule has 1 saturated heterocycles. The summed E-state index contributed by atoms with van der Waals surface area (Å²) in [5, 5.41) is 32.6. The Labute approximate surface area is 89.1 Å². The molecular formula is C9H20O6. The second-order valence-electron chi connectivity index (χ2n) is 3.65. The molecule has 0 amide bonds. The summed E-state index contributed by atoms with van der Waals surface area (Å²) >= 11 is 0. The lowest BCUT2D eigenvalue weighted by Crippen LogP contribution is -2.22. The zero-order valence-electron chi connectivity index (χ0n) is 9.09. The van der Waals surface area contributed by atoms with Crippen LogP contribution >= 0.6 is 0 Å². The normalized spacial score (nSPS) is 23.8. The Hall–Kier alpha value is -0.240. The maximum Gasteiger partial charge on any atom is 0.163 e. The Bertz CT molecular complexity index is 157. The van der Waals surface area contributed by atoms with E-state index in [4.69, 9.17) is 29.9 Å². The first-order valence-corrected chi connectivity index (χ1v) is 4.77. The molecule has 92 valence electrons. The van der Waals surface area contributed by atoms with E-state index < -0.39 is 11.9 Å². The van der Waals surface area contributed by atoms with E-state index >= 15 is 0 Å². The van der Waals surface area contributed by atoms with Crippen LogP contribution in [-0.2, 0) is 9.47 Å². The lowest BCUT2D eigenvalue weighted by Gasteiger charge is -2.15. The van der Waals surface area contributed by atoms with Crippen molar-refractivity contribution in [1.29, 1.82) is 0 Å². The highest BCUT2D eigenvalue weighted by Crippen LogP contribution is 2.21. The fourth-order valence-corrected chi connectivity index (χ4v) is 0.911. The summed E-state index contributed by atoms with van der Waals surface area (Å²) in [6.07, 6.45) is -1.08. The van der Waals surface area contributed by atoms with Crippen LogP contribution in [0.4, 0.5) is 0 Å². The summed E-state index contributed by atoms with van der Waals surface area (Å²) in [6.45, 7) is 3.49. The highest BCUT2D eigenvalue weighted by Gasteiger charge is 2.31. The third kappa shape index (κ3) is 6.77. The van der Waals surface area contributed by atoms with E-state index in [1.54, 1.807) is 0 Å². The first kappa shape index (κ1) is 14.8. The average molecular weight is 224 g/mol. The minimum atomic E-state index is -0.954. The van der Waals surface area contributed by atoms with Gasteiger partial charge in [-0.3, -0.25) is 0 Å². The van der Waals surface area contributed by atoms with Gasteiger partial charge in [0.25, 0.3) is 0 Å². The Morgan fingerprint density at radius 1 is 1.27 bits per heavy atom. The minimum Gasteiger partial charge on any atom is -0.394 e. The molecule has 0 spiro atoms. The number of rotatable bonds is 3. The fraction of sp³-hybridized carbons (Fsp3) is 1.00. The molecule has 0 saturated carbocycles. The van der Waals surface area contributed by atoms with Crippen LogP contribution in [0, 0.1) is 0 Å². The van der Waals surface area contributed by atoms with Gasteiger partial charge in [0.15, 0.2) is 5.79 Å². The molecule has 0 aliphatic carbocycles. The summed E-state index contributed by atoms with van der Waals surface area (Å²) in [4.78, 5) is 0. The molecule has 1 atom stereocenters. The van der Waals surface area contributed by atoms with Gasteiger partial charge in [-0.2, -0.15) is 0 Å². The van der Waals surface area contributed by atoms with Crippen molar-refractivity contribution in [3.05, 3.63) is 0 Å². The number of ether oxygens (including phenoxy) is 2. The third-order valence-corrected chi connectivity index (χ3v) is 1.69. The molecule has 1 unspecified atom stereocenters. The summed E-state index contributed by atoms with van der Waals surface area (Å²) in [5.41, 5.74) is 0. The highest BCUT2D eigenvalue weighted by molar-refractivity contribution is 4.69. The van der Waals surface area contributed by atoms with Crippen molar-refractivity contribution < 1.29 is 29.9 Å². The molecule has 0 bridgehead atoms. The summed E-state index contributed by atoms with van der Waals surface area (Å²) < 4.78 is 10.4. The fourth-order valence-electron chi connectivity index (χ4n) is 0.911. The molecule has 0 aromatic heterocycles. The Morgan fingerprint density at radius 3 is 1.93 bits per heavy atom. The molecule has 1 aliphatic heterocycles. The Kier molecular flexibility index (Phi) is 6.99. The van der Waals surface area contributed by atoms with Gasteiger partial charge in [-0.25, -0.2) is 0 Å². The topological polar surface area (TPSA) is 99.4 Å². The molecule has 6 nitrogen and oxygen atoms in total. The van der Waals surface area contributed by atoms with Gasteiger partial charge in [-0.15, -0.1) is 0 Å². The van der Waals surface area contributed by atoms with Crippen molar-refractivity contribution in [2.45, 2.75) is 31.8 Å². The smallest absolute Gasteiger partial charge is 0.163 e. The van der Waals surface area contributed by atoms with Crippen molar-refractivity contribution in [3.8, 4) is 0 Å². The highest BCUT2D eigenvalue weighted by atomic mass is 16.7. The minimum absolute atomic E-state index is 0.0451. The molecule has 1 aliphatic rings. The molecule has 4 N–H and O–H groups in total. The van der Waals surface area contributed by atoms with Crippen molar-refractivity contribution in [1.82, 2.24) is 0 Å². The first-order chi connectivity index (χ1) is 6.95. The van der Waals surface area contributed by atoms with E-state index in [1.165, 1.54) is 0 Å². The van der Waals surface area contributed by atoms with Gasteiger partial charge in [-0.1, -0.05) is 0 Å². The van der Waals surface area contributed by atoms with Crippen LogP contribution in [-0.4, -0.2) is 64.8 Å². The number of hydrogen-bond donors (Lipinski definition) is 4. The monoisotopic (exact) mass is 224 g/mol. The zero-order valence-corrected chi connectivity index (χ0v) is 9.09. The summed E-state index contributed by atoms with van der Waals surface area (Å²) in [6, 6.07) is 0. The number of aliphatic hydroxyl groups is 4. The quantitative estimate of drug-likeness (QED) is 0.464. The molecule has 1 heterocycles. The Morgan fingerprint density at radius 2 is 1.80 bits per heavy atom. The van der Waals surface area contributed by atoms with Crippen molar-refractivity contribution in [2.75, 3.05) is 26.4 Å². The molecular weight excluding hydrogens is 204 g/mol. The van der Waals surface area contributed by atoms with E-state index in [-0.39, 0.29) is 25.9 Å². The van der Waals surface area contributed by atoms with Crippen LogP contribution in [0.5, 0.6) is 0 Å². The molecule has 1 rings (SSSR count). The van der Waals surface area contributed by atoms with Crippen molar-refractivity contribution in [3.63, 3.8) is 0 Å². The lowest BCUT2D eigenvalue weighted by atomic mass is 10.4. The van der Waals surface area contributed by atoms with Crippen LogP contribution in [0.1, 0.15) is 13.8 Å². The molecule has 6 heteroatoms. The van der Waals surface area contributed by atoms with Gasteiger partial charge in [0, 0.05) is 0 Å². The summed E-state index contributed by atoms with van der Waals surface area (Å²) in [7, 11) is 0. The van der Waals surface area contributed by atoms with Gasteiger partial charge < -0.3 is 29.9 Å². The SMILES string of the molecule is CC1(C)OCC(CO)O1.OCC(O)CO. The maximum absolute atomic E-state index is 8.59. The largest absolute Gasteiger partial charge is 0.394 e. The summed E-state index contributed by atoms with van der Waals surface area (Å²) in [5.74, 6) is -0.493. The standard InChI is InChI=1S/C6H12O3.C3H8O3/c1-6(2)8-4-5(3-7)9-6;4-1-3(6)2-5/h5,7H,3-4H2,1-2H3;3-6H,1-2H2. The van der Waals surface area contributed by atoms with E-state index in [0.29, 0.717) is 6.61 Å². The average Bonchev–Trinajstić information content (AvgIpc) is 2.58. The Balaban J connectivity index is 0.000000288. The van der Waals surface area contributed by atoms with Gasteiger partial charge in [0.05, 0.1) is 26.4 Å². The van der Waals surface area contributed by atoms with Crippen LogP contribution in [0.2, 0.25) is 0 Å². The van der Waals surface area contributed by atoms with E-state index in [2.05, 4.69) is 0 Å². The third-order valence-electron chi connectivity index (χ3n) is 1.69. The van der Waals surface area contributed by atoms with Gasteiger partial charge in [0.2, 0.25) is 0 Å². The molecule has 0 aromatic rings. The number of hydrogen-bond acceptors (Lipinski definition) is 6. The molecule has 0 radical (unpaired) electrons. The molecule has 0 aromatic carbocycles. The van der Waals surface area contributed by atoms with Crippen LogP contribution < -0.4 is 0 Å². The van der Waals surface area contributed by atoms with Crippen LogP contribution in [0.15, 0.2) is 0 Å².